The van der Waals surface area contributed by atoms with E-state index in [4.69, 9.17) is 4.98 Å². The first-order valence-corrected chi connectivity index (χ1v) is 9.12. The SMILES string of the molecule is Cn1nccc1CCN1CCCC[C@H]1c1ncc(-c2ccccc2)[nH]1. The van der Waals surface area contributed by atoms with Crippen molar-refractivity contribution in [3.63, 3.8) is 0 Å². The molecule has 2 aromatic heterocycles. The third-order valence-corrected chi connectivity index (χ3v) is 5.19. The van der Waals surface area contributed by atoms with E-state index in [0.717, 1.165) is 31.0 Å². The second kappa shape index (κ2) is 7.23. The Morgan fingerprint density at radius 3 is 2.84 bits per heavy atom. The number of piperidine rings is 1. The Morgan fingerprint density at radius 1 is 1.16 bits per heavy atom. The molecule has 0 amide bonds. The van der Waals surface area contributed by atoms with Gasteiger partial charge in [0.1, 0.15) is 5.82 Å². The first-order chi connectivity index (χ1) is 12.3. The largest absolute Gasteiger partial charge is 0.341 e. The quantitative estimate of drug-likeness (QED) is 0.775. The predicted octanol–water partition coefficient (Wildman–Crippen LogP) is 3.58. The topological polar surface area (TPSA) is 49.7 Å². The number of aryl methyl sites for hydroxylation is 1. The number of benzene rings is 1. The molecule has 1 atom stereocenters. The third-order valence-electron chi connectivity index (χ3n) is 5.19. The van der Waals surface area contributed by atoms with Crippen molar-refractivity contribution in [2.75, 3.05) is 13.1 Å². The van der Waals surface area contributed by atoms with E-state index in [0.29, 0.717) is 6.04 Å². The van der Waals surface area contributed by atoms with Crippen molar-refractivity contribution in [1.82, 2.24) is 24.6 Å². The lowest BCUT2D eigenvalue weighted by molar-refractivity contribution is 0.143. The van der Waals surface area contributed by atoms with E-state index in [-0.39, 0.29) is 0 Å². The number of nitrogens with zero attached hydrogens (tertiary/aromatic N) is 4. The lowest BCUT2D eigenvalue weighted by Gasteiger charge is -2.34. The molecule has 3 heterocycles. The molecule has 1 saturated heterocycles. The van der Waals surface area contributed by atoms with E-state index in [1.165, 1.54) is 30.5 Å². The standard InChI is InChI=1S/C20H25N5/c1-24-17(10-12-22-24)11-14-25-13-6-5-9-19(25)20-21-15-18(23-20)16-7-3-2-4-8-16/h2-4,7-8,10,12,15,19H,5-6,9,11,13-14H2,1H3,(H,21,23)/t19-/m0/s1. The molecule has 0 saturated carbocycles. The van der Waals surface area contributed by atoms with Crippen molar-refractivity contribution in [3.8, 4) is 11.3 Å². The number of likely N-dealkylation sites (tertiary alicyclic amines) is 1. The zero-order chi connectivity index (χ0) is 17.1. The van der Waals surface area contributed by atoms with Crippen LogP contribution in [0, 0.1) is 0 Å². The van der Waals surface area contributed by atoms with E-state index < -0.39 is 0 Å². The first kappa shape index (κ1) is 16.1. The van der Waals surface area contributed by atoms with Crippen molar-refractivity contribution < 1.29 is 0 Å². The average molecular weight is 335 g/mol. The van der Waals surface area contributed by atoms with Gasteiger partial charge in [-0.05, 0) is 31.0 Å². The number of rotatable bonds is 5. The van der Waals surface area contributed by atoms with Gasteiger partial charge in [0.25, 0.3) is 0 Å². The average Bonchev–Trinajstić information content (AvgIpc) is 3.30. The van der Waals surface area contributed by atoms with Crippen molar-refractivity contribution >= 4 is 0 Å². The molecule has 0 radical (unpaired) electrons. The number of aromatic nitrogens is 4. The predicted molar refractivity (Wildman–Crippen MR) is 99.1 cm³/mol. The minimum Gasteiger partial charge on any atom is -0.341 e. The fourth-order valence-corrected chi connectivity index (χ4v) is 3.74. The van der Waals surface area contributed by atoms with Crippen molar-refractivity contribution in [2.24, 2.45) is 7.05 Å². The molecule has 25 heavy (non-hydrogen) atoms. The monoisotopic (exact) mass is 335 g/mol. The van der Waals surface area contributed by atoms with Gasteiger partial charge in [-0.3, -0.25) is 9.58 Å². The molecule has 1 aliphatic heterocycles. The summed E-state index contributed by atoms with van der Waals surface area (Å²) < 4.78 is 1.97. The highest BCUT2D eigenvalue weighted by molar-refractivity contribution is 5.58. The number of nitrogens with one attached hydrogen (secondary N) is 1. The van der Waals surface area contributed by atoms with Gasteiger partial charge in [-0.15, -0.1) is 0 Å². The fourth-order valence-electron chi connectivity index (χ4n) is 3.74. The van der Waals surface area contributed by atoms with Gasteiger partial charge in [-0.25, -0.2) is 4.98 Å². The summed E-state index contributed by atoms with van der Waals surface area (Å²) >= 11 is 0. The van der Waals surface area contributed by atoms with Gasteiger partial charge in [0.05, 0.1) is 17.9 Å². The van der Waals surface area contributed by atoms with E-state index >= 15 is 0 Å². The molecule has 0 aliphatic carbocycles. The van der Waals surface area contributed by atoms with E-state index in [1.54, 1.807) is 0 Å². The molecule has 3 aromatic rings. The van der Waals surface area contributed by atoms with Gasteiger partial charge in [-0.2, -0.15) is 5.10 Å². The Bertz CT molecular complexity index is 804. The van der Waals surface area contributed by atoms with Crippen molar-refractivity contribution in [1.29, 1.82) is 0 Å². The van der Waals surface area contributed by atoms with Crippen LogP contribution in [0.1, 0.15) is 36.8 Å². The molecule has 1 aliphatic rings. The molecule has 5 nitrogen and oxygen atoms in total. The van der Waals surface area contributed by atoms with Crippen LogP contribution >= 0.6 is 0 Å². The molecular weight excluding hydrogens is 310 g/mol. The summed E-state index contributed by atoms with van der Waals surface area (Å²) in [6.45, 7) is 2.19. The number of imidazole rings is 1. The van der Waals surface area contributed by atoms with Crippen LogP contribution in [-0.2, 0) is 13.5 Å². The molecule has 0 bridgehead atoms. The van der Waals surface area contributed by atoms with Gasteiger partial charge in [0.15, 0.2) is 0 Å². The summed E-state index contributed by atoms with van der Waals surface area (Å²) in [6.07, 6.45) is 8.59. The Labute approximate surface area is 148 Å². The Hall–Kier alpha value is -2.40. The maximum absolute atomic E-state index is 4.71. The summed E-state index contributed by atoms with van der Waals surface area (Å²) in [5.74, 6) is 1.10. The molecule has 1 N–H and O–H groups in total. The summed E-state index contributed by atoms with van der Waals surface area (Å²) in [5, 5.41) is 4.27. The van der Waals surface area contributed by atoms with Crippen LogP contribution in [0.4, 0.5) is 0 Å². The third kappa shape index (κ3) is 3.51. The van der Waals surface area contributed by atoms with Crippen LogP contribution in [0.25, 0.3) is 11.3 Å². The summed E-state index contributed by atoms with van der Waals surface area (Å²) in [7, 11) is 2.02. The Morgan fingerprint density at radius 2 is 2.04 bits per heavy atom. The van der Waals surface area contributed by atoms with Gasteiger partial charge >= 0.3 is 0 Å². The maximum atomic E-state index is 4.71. The summed E-state index contributed by atoms with van der Waals surface area (Å²) in [4.78, 5) is 10.9. The molecule has 5 heteroatoms. The molecular formula is C20H25N5. The molecule has 1 aromatic carbocycles. The minimum absolute atomic E-state index is 0.388. The van der Waals surface area contributed by atoms with Gasteiger partial charge < -0.3 is 4.98 Å². The molecule has 4 rings (SSSR count). The van der Waals surface area contributed by atoms with Gasteiger partial charge in [0.2, 0.25) is 0 Å². The van der Waals surface area contributed by atoms with Crippen LogP contribution in [0.3, 0.4) is 0 Å². The minimum atomic E-state index is 0.388. The lowest BCUT2D eigenvalue weighted by Crippen LogP contribution is -2.35. The molecule has 130 valence electrons. The van der Waals surface area contributed by atoms with Crippen LogP contribution in [0.15, 0.2) is 48.8 Å². The molecule has 0 spiro atoms. The summed E-state index contributed by atoms with van der Waals surface area (Å²) in [6, 6.07) is 12.9. The number of hydrogen-bond acceptors (Lipinski definition) is 3. The fraction of sp³-hybridized carbons (Fsp3) is 0.400. The van der Waals surface area contributed by atoms with E-state index in [9.17, 15) is 0 Å². The van der Waals surface area contributed by atoms with Crippen molar-refractivity contribution in [3.05, 3.63) is 60.3 Å². The lowest BCUT2D eigenvalue weighted by atomic mass is 10.0. The number of hydrogen-bond donors (Lipinski definition) is 1. The van der Waals surface area contributed by atoms with E-state index in [2.05, 4.69) is 45.3 Å². The highest BCUT2D eigenvalue weighted by Gasteiger charge is 2.26. The zero-order valence-electron chi connectivity index (χ0n) is 14.7. The zero-order valence-corrected chi connectivity index (χ0v) is 14.7. The van der Waals surface area contributed by atoms with Crippen molar-refractivity contribution in [2.45, 2.75) is 31.7 Å². The van der Waals surface area contributed by atoms with Gasteiger partial charge in [-0.1, -0.05) is 36.8 Å². The maximum Gasteiger partial charge on any atom is 0.123 e. The highest BCUT2D eigenvalue weighted by atomic mass is 15.3. The normalized spacial score (nSPS) is 18.5. The first-order valence-electron chi connectivity index (χ1n) is 9.12. The van der Waals surface area contributed by atoms with Crippen LogP contribution in [-0.4, -0.2) is 37.7 Å². The van der Waals surface area contributed by atoms with E-state index in [1.807, 2.05) is 30.2 Å². The van der Waals surface area contributed by atoms with Crippen LogP contribution < -0.4 is 0 Å². The number of H-pyrrole nitrogens is 1. The van der Waals surface area contributed by atoms with Gasteiger partial charge in [0, 0.05) is 31.9 Å². The summed E-state index contributed by atoms with van der Waals surface area (Å²) in [5.41, 5.74) is 3.58. The molecule has 0 unspecified atom stereocenters. The Balaban J connectivity index is 1.49. The van der Waals surface area contributed by atoms with Crippen LogP contribution in [0.2, 0.25) is 0 Å². The second-order valence-corrected chi connectivity index (χ2v) is 6.79. The smallest absolute Gasteiger partial charge is 0.123 e. The second-order valence-electron chi connectivity index (χ2n) is 6.79. The highest BCUT2D eigenvalue weighted by Crippen LogP contribution is 2.30. The molecule has 1 fully saturated rings. The van der Waals surface area contributed by atoms with Crippen LogP contribution in [0.5, 0.6) is 0 Å². The number of aromatic amines is 1. The Kier molecular flexibility index (Phi) is 4.65.